The molecule has 5 nitrogen and oxygen atoms in total. The van der Waals surface area contributed by atoms with Gasteiger partial charge >= 0.3 is 5.97 Å². The largest absolute Gasteiger partial charge is 0.478 e. The van der Waals surface area contributed by atoms with E-state index >= 15 is 0 Å². The van der Waals surface area contributed by atoms with Crippen molar-refractivity contribution in [2.45, 2.75) is 12.2 Å². The average Bonchev–Trinajstić information content (AvgIpc) is 2.72. The second-order valence-corrected chi connectivity index (χ2v) is 3.92. The summed E-state index contributed by atoms with van der Waals surface area (Å²) in [6, 6.07) is 3.04. The number of rotatable bonds is 4. The van der Waals surface area contributed by atoms with Crippen LogP contribution in [0.1, 0.15) is 16.5 Å². The number of thiophene rings is 1. The van der Waals surface area contributed by atoms with E-state index < -0.39 is 18.2 Å². The molecule has 0 aromatic carbocycles. The highest BCUT2D eigenvalue weighted by molar-refractivity contribution is 7.11. The molecule has 0 amide bonds. The number of carbonyl (C=O) groups is 1. The monoisotopic (exact) mass is 239 g/mol. The predicted octanol–water partition coefficient (Wildman–Crippen LogP) is 0.764. The lowest BCUT2D eigenvalue weighted by molar-refractivity contribution is -0.131. The van der Waals surface area contributed by atoms with Crippen molar-refractivity contribution < 1.29 is 20.1 Å². The Morgan fingerprint density at radius 3 is 2.81 bits per heavy atom. The summed E-state index contributed by atoms with van der Waals surface area (Å²) in [5, 5.41) is 36.9. The lowest BCUT2D eigenvalue weighted by Gasteiger charge is -2.08. The normalized spacial score (nSPS) is 14.6. The zero-order valence-corrected chi connectivity index (χ0v) is 8.89. The lowest BCUT2D eigenvalue weighted by atomic mass is 10.1. The van der Waals surface area contributed by atoms with E-state index in [1.165, 1.54) is 29.5 Å². The number of hydrogen-bond acceptors (Lipinski definition) is 5. The molecule has 0 aliphatic rings. The second-order valence-electron chi connectivity index (χ2n) is 2.97. The standard InChI is InChI=1S/C10H9NO4S/c11-4-8(12)10(15)6-3-7(16-5-6)1-2-9(13)14/h1-3,5,8,10,12,15H,(H,13,14)/b2-1+. The Bertz CT molecular complexity index is 446. The van der Waals surface area contributed by atoms with Gasteiger partial charge in [0.25, 0.3) is 0 Å². The van der Waals surface area contributed by atoms with Gasteiger partial charge in [0, 0.05) is 11.0 Å². The number of aliphatic hydroxyl groups is 2. The molecule has 1 aromatic rings. The van der Waals surface area contributed by atoms with Crippen LogP contribution in [0.25, 0.3) is 6.08 Å². The van der Waals surface area contributed by atoms with Crippen LogP contribution in [0.5, 0.6) is 0 Å². The van der Waals surface area contributed by atoms with Crippen LogP contribution in [0.4, 0.5) is 0 Å². The van der Waals surface area contributed by atoms with Crippen LogP contribution < -0.4 is 0 Å². The maximum Gasteiger partial charge on any atom is 0.328 e. The van der Waals surface area contributed by atoms with Crippen LogP contribution in [-0.2, 0) is 4.79 Å². The molecule has 2 atom stereocenters. The van der Waals surface area contributed by atoms with Crippen molar-refractivity contribution in [1.82, 2.24) is 0 Å². The second kappa shape index (κ2) is 5.42. The summed E-state index contributed by atoms with van der Waals surface area (Å²) in [5.41, 5.74) is 0.393. The highest BCUT2D eigenvalue weighted by Gasteiger charge is 2.18. The SMILES string of the molecule is N#CC(O)C(O)c1csc(/C=C/C(=O)O)c1. The van der Waals surface area contributed by atoms with Gasteiger partial charge in [0.2, 0.25) is 0 Å². The van der Waals surface area contributed by atoms with Gasteiger partial charge in [0.05, 0.1) is 6.07 Å². The minimum absolute atomic E-state index is 0.393. The number of carboxylic acids is 1. The van der Waals surface area contributed by atoms with Crippen LogP contribution in [0.3, 0.4) is 0 Å². The molecule has 1 rings (SSSR count). The Morgan fingerprint density at radius 1 is 1.56 bits per heavy atom. The smallest absolute Gasteiger partial charge is 0.328 e. The van der Waals surface area contributed by atoms with Crippen LogP contribution >= 0.6 is 11.3 Å². The molecule has 0 spiro atoms. The molecule has 1 aromatic heterocycles. The molecule has 2 unspecified atom stereocenters. The van der Waals surface area contributed by atoms with Crippen molar-refractivity contribution in [1.29, 1.82) is 5.26 Å². The summed E-state index contributed by atoms with van der Waals surface area (Å²) in [4.78, 5) is 10.9. The number of aliphatic hydroxyl groups excluding tert-OH is 2. The summed E-state index contributed by atoms with van der Waals surface area (Å²) < 4.78 is 0. The molecule has 84 valence electrons. The molecule has 0 bridgehead atoms. The number of carboxylic acid groups (broad SMARTS) is 1. The van der Waals surface area contributed by atoms with E-state index in [2.05, 4.69) is 0 Å². The van der Waals surface area contributed by atoms with E-state index in [0.717, 1.165) is 6.08 Å². The molecular formula is C10H9NO4S. The molecule has 1 heterocycles. The Kier molecular flexibility index (Phi) is 4.19. The van der Waals surface area contributed by atoms with Gasteiger partial charge in [-0.2, -0.15) is 5.26 Å². The van der Waals surface area contributed by atoms with Gasteiger partial charge in [-0.25, -0.2) is 4.79 Å². The Balaban J connectivity index is 2.79. The quantitative estimate of drug-likeness (QED) is 0.532. The number of nitrogens with zero attached hydrogens (tertiary/aromatic N) is 1. The van der Waals surface area contributed by atoms with Crippen molar-refractivity contribution in [2.24, 2.45) is 0 Å². The van der Waals surface area contributed by atoms with Gasteiger partial charge in [0.15, 0.2) is 6.10 Å². The first kappa shape index (κ1) is 12.4. The molecule has 0 aliphatic heterocycles. The first-order valence-electron chi connectivity index (χ1n) is 4.29. The number of aliphatic carboxylic acids is 1. The summed E-state index contributed by atoms with van der Waals surface area (Å²) in [5.74, 6) is -1.06. The molecular weight excluding hydrogens is 230 g/mol. The van der Waals surface area contributed by atoms with Crippen LogP contribution in [0, 0.1) is 11.3 Å². The topological polar surface area (TPSA) is 102 Å². The minimum Gasteiger partial charge on any atom is -0.478 e. The zero-order valence-electron chi connectivity index (χ0n) is 8.07. The third-order valence-corrected chi connectivity index (χ3v) is 2.72. The van der Waals surface area contributed by atoms with Gasteiger partial charge in [0.1, 0.15) is 6.10 Å². The summed E-state index contributed by atoms with van der Waals surface area (Å²) in [7, 11) is 0. The van der Waals surface area contributed by atoms with Gasteiger partial charge in [-0.15, -0.1) is 11.3 Å². The van der Waals surface area contributed by atoms with E-state index in [1.807, 2.05) is 0 Å². The van der Waals surface area contributed by atoms with Crippen LogP contribution in [0.15, 0.2) is 17.5 Å². The highest BCUT2D eigenvalue weighted by Crippen LogP contribution is 2.24. The van der Waals surface area contributed by atoms with Crippen molar-refractivity contribution in [3.8, 4) is 6.07 Å². The zero-order chi connectivity index (χ0) is 12.1. The Hall–Kier alpha value is -1.68. The maximum atomic E-state index is 10.3. The van der Waals surface area contributed by atoms with E-state index in [9.17, 15) is 9.90 Å². The van der Waals surface area contributed by atoms with E-state index in [1.54, 1.807) is 5.38 Å². The lowest BCUT2D eigenvalue weighted by Crippen LogP contribution is -2.14. The first-order chi connectivity index (χ1) is 7.54. The van der Waals surface area contributed by atoms with E-state index in [4.69, 9.17) is 15.5 Å². The first-order valence-corrected chi connectivity index (χ1v) is 5.17. The third kappa shape index (κ3) is 3.17. The van der Waals surface area contributed by atoms with E-state index in [0.29, 0.717) is 10.4 Å². The molecule has 16 heavy (non-hydrogen) atoms. The fraction of sp³-hybridized carbons (Fsp3) is 0.200. The Morgan fingerprint density at radius 2 is 2.25 bits per heavy atom. The van der Waals surface area contributed by atoms with Gasteiger partial charge < -0.3 is 15.3 Å². The van der Waals surface area contributed by atoms with Crippen molar-refractivity contribution in [2.75, 3.05) is 0 Å². The molecule has 0 aliphatic carbocycles. The summed E-state index contributed by atoms with van der Waals surface area (Å²) in [6.45, 7) is 0. The molecule has 0 radical (unpaired) electrons. The number of nitriles is 1. The minimum atomic E-state index is -1.48. The predicted molar refractivity (Wildman–Crippen MR) is 57.6 cm³/mol. The van der Waals surface area contributed by atoms with Gasteiger partial charge in [-0.05, 0) is 23.1 Å². The van der Waals surface area contributed by atoms with Crippen molar-refractivity contribution >= 4 is 23.4 Å². The van der Waals surface area contributed by atoms with Crippen molar-refractivity contribution in [3.05, 3.63) is 28.0 Å². The maximum absolute atomic E-state index is 10.3. The van der Waals surface area contributed by atoms with Gasteiger partial charge in [-0.3, -0.25) is 0 Å². The Labute approximate surface area is 95.5 Å². The van der Waals surface area contributed by atoms with E-state index in [-0.39, 0.29) is 0 Å². The summed E-state index contributed by atoms with van der Waals surface area (Å²) in [6.07, 6.45) is -0.399. The summed E-state index contributed by atoms with van der Waals surface area (Å²) >= 11 is 1.22. The third-order valence-electron chi connectivity index (χ3n) is 1.80. The molecule has 0 saturated heterocycles. The molecule has 0 fully saturated rings. The molecule has 3 N–H and O–H groups in total. The van der Waals surface area contributed by atoms with Crippen LogP contribution in [0.2, 0.25) is 0 Å². The van der Waals surface area contributed by atoms with Crippen molar-refractivity contribution in [3.63, 3.8) is 0 Å². The van der Waals surface area contributed by atoms with Gasteiger partial charge in [-0.1, -0.05) is 0 Å². The van der Waals surface area contributed by atoms with Crippen LogP contribution in [-0.4, -0.2) is 27.4 Å². The fourth-order valence-electron chi connectivity index (χ4n) is 1.02. The fourth-order valence-corrected chi connectivity index (χ4v) is 1.85. The number of hydrogen-bond donors (Lipinski definition) is 3. The molecule has 6 heteroatoms. The average molecular weight is 239 g/mol. The molecule has 0 saturated carbocycles. The highest BCUT2D eigenvalue weighted by atomic mass is 32.1.